The molecule has 6 rings (SSSR count). The molecular formula is C41H44Cl3F5N6O9S2. The maximum atomic E-state index is 12.8. The Morgan fingerprint density at radius 3 is 2.18 bits per heavy atom. The number of hydrogen-bond donors (Lipinski definition) is 1. The van der Waals surface area contributed by atoms with E-state index in [-0.39, 0.29) is 66.7 Å². The van der Waals surface area contributed by atoms with Crippen molar-refractivity contribution < 1.29 is 57.6 Å². The van der Waals surface area contributed by atoms with Crippen molar-refractivity contribution in [3.63, 3.8) is 0 Å². The summed E-state index contributed by atoms with van der Waals surface area (Å²) in [6.07, 6.45) is 0.636. The van der Waals surface area contributed by atoms with Crippen LogP contribution in [0.3, 0.4) is 0 Å². The number of anilines is 2. The number of halogens is 8. The van der Waals surface area contributed by atoms with Crippen molar-refractivity contribution in [1.29, 1.82) is 0 Å². The number of sulfonamides is 1. The molecule has 0 spiro atoms. The van der Waals surface area contributed by atoms with Crippen LogP contribution in [0.4, 0.5) is 33.3 Å². The smallest absolute Gasteiger partial charge is 0.383 e. The highest BCUT2D eigenvalue weighted by Crippen LogP contribution is 2.42. The minimum atomic E-state index is -4.71. The molecule has 1 aliphatic rings. The van der Waals surface area contributed by atoms with E-state index in [1.54, 1.807) is 12.0 Å². The molecule has 0 aliphatic heterocycles. The fourth-order valence-corrected chi connectivity index (χ4v) is 8.72. The monoisotopic (exact) mass is 1030 g/mol. The number of para-hydroxylation sites is 1. The zero-order valence-electron chi connectivity index (χ0n) is 36.2. The zero-order chi connectivity index (χ0) is 49.6. The molecule has 1 amide bonds. The number of nitrogens with zero attached hydrogens (tertiary/aromatic N) is 5. The number of aromatic nitrogens is 4. The number of benzene rings is 3. The maximum Gasteiger partial charge on any atom is 0.416 e. The predicted molar refractivity (Wildman–Crippen MR) is 239 cm³/mol. The van der Waals surface area contributed by atoms with Crippen molar-refractivity contribution in [3.8, 4) is 5.69 Å². The first kappa shape index (κ1) is 53.7. The van der Waals surface area contributed by atoms with Gasteiger partial charge in [0.15, 0.2) is 21.4 Å². The number of ether oxygens (including phenoxy) is 1. The quantitative estimate of drug-likeness (QED) is 0.0635. The van der Waals surface area contributed by atoms with Gasteiger partial charge in [0.1, 0.15) is 11.7 Å². The molecule has 1 saturated carbocycles. The lowest BCUT2D eigenvalue weighted by atomic mass is 10.0. The second-order valence-electron chi connectivity index (χ2n) is 14.9. The second-order valence-corrected chi connectivity index (χ2v) is 19.7. The van der Waals surface area contributed by atoms with E-state index in [2.05, 4.69) is 28.0 Å². The minimum Gasteiger partial charge on any atom is -0.383 e. The molecule has 2 aromatic heterocycles. The minimum absolute atomic E-state index is 0.0223. The summed E-state index contributed by atoms with van der Waals surface area (Å²) in [5.74, 6) is -0.663. The number of ketones is 1. The van der Waals surface area contributed by atoms with E-state index in [0.29, 0.717) is 29.2 Å². The van der Waals surface area contributed by atoms with E-state index in [9.17, 15) is 53.2 Å². The molecule has 1 N–H and O–H groups in total. The van der Waals surface area contributed by atoms with Crippen molar-refractivity contribution in [2.24, 2.45) is 0 Å². The molecule has 0 radical (unpaired) electrons. The number of rotatable bonds is 14. The van der Waals surface area contributed by atoms with Gasteiger partial charge in [0.2, 0.25) is 15.9 Å². The summed E-state index contributed by atoms with van der Waals surface area (Å²) >= 11 is 17.6. The summed E-state index contributed by atoms with van der Waals surface area (Å²) in [4.78, 5) is 38.0. The normalized spacial score (nSPS) is 13.3. The van der Waals surface area contributed by atoms with Gasteiger partial charge in [0, 0.05) is 24.8 Å². The van der Waals surface area contributed by atoms with Crippen molar-refractivity contribution in [2.45, 2.75) is 76.5 Å². The summed E-state index contributed by atoms with van der Waals surface area (Å²) in [5, 5.41) is 7.18. The predicted octanol–water partition coefficient (Wildman–Crippen LogP) is 8.79. The number of sulfone groups is 1. The molecule has 360 valence electrons. The Bertz CT molecular complexity index is 2870. The number of alkyl halides is 6. The third-order valence-corrected chi connectivity index (χ3v) is 12.2. The molecule has 25 heteroatoms. The molecule has 66 heavy (non-hydrogen) atoms. The number of amides is 1. The van der Waals surface area contributed by atoms with Crippen LogP contribution in [0.1, 0.15) is 83.4 Å². The summed E-state index contributed by atoms with van der Waals surface area (Å²) < 4.78 is 124. The summed E-state index contributed by atoms with van der Waals surface area (Å²) in [5.41, 5.74) is 0.568. The van der Waals surface area contributed by atoms with Gasteiger partial charge in [-0.25, -0.2) is 26.2 Å². The summed E-state index contributed by atoms with van der Waals surface area (Å²) in [7, 11) is -6.05. The largest absolute Gasteiger partial charge is 0.416 e. The maximum absolute atomic E-state index is 12.8. The second kappa shape index (κ2) is 21.8. The van der Waals surface area contributed by atoms with Gasteiger partial charge in [0.05, 0.1) is 68.2 Å². The molecule has 1 fully saturated rings. The van der Waals surface area contributed by atoms with E-state index in [0.717, 1.165) is 60.7 Å². The van der Waals surface area contributed by atoms with Crippen LogP contribution in [0, 0.1) is 13.8 Å². The SMILES string of the molecule is CCc1cccc(C)c1N(C(=O)CCl)C(C)COC.CS(=O)(=O)c1cc(C(F)(F)F)ccc1C(=O)c1cnoc1C1CC1.Cc1nn(-c2cc(NS(C)(=O)=O)c(Cl)cc2Cl)c(=O)n1C(F)F. The molecule has 1 atom stereocenters. The van der Waals surface area contributed by atoms with Gasteiger partial charge in [-0.1, -0.05) is 53.5 Å². The number of carbonyl (C=O) groups is 2. The molecule has 5 aromatic rings. The lowest BCUT2D eigenvalue weighted by molar-refractivity contribution is -0.137. The molecule has 0 saturated heterocycles. The van der Waals surface area contributed by atoms with Crippen molar-refractivity contribution in [1.82, 2.24) is 19.5 Å². The molecule has 15 nitrogen and oxygen atoms in total. The standard InChI is InChI=1S/C15H22ClNO2.C15H12F3NO4S.C11H10Cl2F2N4O3S/c1-5-13-8-6-7-11(2)15(13)17(14(18)9-16)12(3)10-19-4;1-24(21,22)12-6-9(15(16,17)18)4-5-10(12)13(20)11-7-19-23-14(11)8-2-3-8;1-5-16-19(11(20)18(5)10(14)15)9-4-8(17-23(2,21)22)6(12)3-7(9)13/h6-8,12H,5,9-10H2,1-4H3;4-8H,2-3H2,1H3;3-4,10,17H,1-2H3. The Kier molecular flexibility index (Phi) is 17.8. The molecule has 3 aromatic carbocycles. The first-order valence-electron chi connectivity index (χ1n) is 19.5. The van der Waals surface area contributed by atoms with Gasteiger partial charge >= 0.3 is 18.4 Å². The van der Waals surface area contributed by atoms with E-state index >= 15 is 0 Å². The third-order valence-electron chi connectivity index (χ3n) is 9.65. The fraction of sp³-hybridized carbons (Fsp3) is 0.390. The number of aryl methyl sites for hydroxylation is 3. The Morgan fingerprint density at radius 1 is 1.02 bits per heavy atom. The lowest BCUT2D eigenvalue weighted by Gasteiger charge is -2.31. The Hall–Kier alpha value is -4.87. The van der Waals surface area contributed by atoms with Gasteiger partial charge < -0.3 is 14.2 Å². The Balaban J connectivity index is 0.000000218. The summed E-state index contributed by atoms with van der Waals surface area (Å²) in [6.45, 7) is 4.71. The van der Waals surface area contributed by atoms with Crippen LogP contribution in [0.25, 0.3) is 5.69 Å². The van der Waals surface area contributed by atoms with Crippen LogP contribution in [0.5, 0.6) is 0 Å². The summed E-state index contributed by atoms with van der Waals surface area (Å²) in [6, 6.07) is 10.4. The van der Waals surface area contributed by atoms with Crippen LogP contribution < -0.4 is 15.3 Å². The van der Waals surface area contributed by atoms with Gasteiger partial charge in [-0.3, -0.25) is 14.3 Å². The van der Waals surface area contributed by atoms with Crippen LogP contribution >= 0.6 is 34.8 Å². The highest BCUT2D eigenvalue weighted by atomic mass is 35.5. The van der Waals surface area contributed by atoms with Crippen LogP contribution in [0.2, 0.25) is 10.0 Å². The topological polar surface area (TPSA) is 193 Å². The number of nitrogens with one attached hydrogen (secondary N) is 1. The van der Waals surface area contributed by atoms with E-state index < -0.39 is 54.5 Å². The number of carbonyl (C=O) groups excluding carboxylic acids is 2. The van der Waals surface area contributed by atoms with Gasteiger partial charge in [-0.2, -0.15) is 26.6 Å². The highest BCUT2D eigenvalue weighted by Gasteiger charge is 2.36. The van der Waals surface area contributed by atoms with Crippen molar-refractivity contribution in [3.05, 3.63) is 115 Å². The number of methoxy groups -OCH3 is 1. The fourth-order valence-electron chi connectivity index (χ4n) is 6.55. The average molecular weight is 1030 g/mol. The van der Waals surface area contributed by atoms with Crippen LogP contribution in [-0.2, 0) is 42.0 Å². The third kappa shape index (κ3) is 13.2. The highest BCUT2D eigenvalue weighted by molar-refractivity contribution is 7.92. The van der Waals surface area contributed by atoms with Gasteiger partial charge in [0.25, 0.3) is 0 Å². The van der Waals surface area contributed by atoms with Crippen LogP contribution in [0.15, 0.2) is 68.9 Å². The first-order chi connectivity index (χ1) is 30.7. The molecule has 1 unspecified atom stereocenters. The van der Waals surface area contributed by atoms with E-state index in [1.165, 1.54) is 19.2 Å². The molecule has 0 bridgehead atoms. The van der Waals surface area contributed by atoms with Gasteiger partial charge in [-0.15, -0.1) is 16.7 Å². The molecule has 2 heterocycles. The van der Waals surface area contributed by atoms with Crippen LogP contribution in [-0.4, -0.2) is 86.2 Å². The molecular weight excluding hydrogens is 986 g/mol. The Morgan fingerprint density at radius 2 is 1.67 bits per heavy atom. The van der Waals surface area contributed by atoms with E-state index in [1.807, 2.05) is 26.0 Å². The van der Waals surface area contributed by atoms with Gasteiger partial charge in [-0.05, 0) is 81.5 Å². The average Bonchev–Trinajstić information content (AvgIpc) is 3.86. The number of hydrogen-bond acceptors (Lipinski definition) is 11. The van der Waals surface area contributed by atoms with E-state index in [4.69, 9.17) is 44.1 Å². The van der Waals surface area contributed by atoms with Crippen molar-refractivity contribution >= 4 is 77.7 Å². The zero-order valence-corrected chi connectivity index (χ0v) is 40.1. The molecule has 1 aliphatic carbocycles. The van der Waals surface area contributed by atoms with Crippen molar-refractivity contribution in [2.75, 3.05) is 41.7 Å². The first-order valence-corrected chi connectivity index (χ1v) is 24.5. The Labute approximate surface area is 391 Å². The lowest BCUT2D eigenvalue weighted by Crippen LogP contribution is -2.43.